The fraction of sp³-hybridized carbons (Fsp3) is 0.0588. The SMILES string of the molecule is COc1ccccc1NC(=O)c1ccc2cnccc2c1. The summed E-state index contributed by atoms with van der Waals surface area (Å²) in [4.78, 5) is 16.4. The van der Waals surface area contributed by atoms with Crippen LogP contribution in [0.25, 0.3) is 10.8 Å². The molecule has 4 nitrogen and oxygen atoms in total. The second-order valence-electron chi connectivity index (χ2n) is 4.59. The first-order chi connectivity index (χ1) is 10.3. The van der Waals surface area contributed by atoms with Crippen molar-refractivity contribution >= 4 is 22.4 Å². The number of fused-ring (bicyclic) bond motifs is 1. The smallest absolute Gasteiger partial charge is 0.255 e. The van der Waals surface area contributed by atoms with Crippen LogP contribution in [0.5, 0.6) is 5.75 Å². The number of carbonyl (C=O) groups excluding carboxylic acids is 1. The third-order valence-electron chi connectivity index (χ3n) is 3.26. The van der Waals surface area contributed by atoms with Gasteiger partial charge in [0.05, 0.1) is 12.8 Å². The van der Waals surface area contributed by atoms with Gasteiger partial charge in [-0.1, -0.05) is 18.2 Å². The van der Waals surface area contributed by atoms with E-state index in [1.807, 2.05) is 42.5 Å². The molecule has 2 aromatic carbocycles. The molecule has 1 aromatic heterocycles. The van der Waals surface area contributed by atoms with Gasteiger partial charge in [-0.25, -0.2) is 0 Å². The first-order valence-electron chi connectivity index (χ1n) is 6.56. The van der Waals surface area contributed by atoms with Crippen molar-refractivity contribution in [3.05, 3.63) is 66.5 Å². The lowest BCUT2D eigenvalue weighted by atomic mass is 10.1. The molecule has 1 N–H and O–H groups in total. The van der Waals surface area contributed by atoms with Crippen molar-refractivity contribution in [1.29, 1.82) is 0 Å². The van der Waals surface area contributed by atoms with Crippen molar-refractivity contribution in [3.8, 4) is 5.75 Å². The molecule has 1 heterocycles. The van der Waals surface area contributed by atoms with Crippen molar-refractivity contribution in [2.45, 2.75) is 0 Å². The molecule has 3 aromatic rings. The highest BCUT2D eigenvalue weighted by Crippen LogP contribution is 2.24. The fourth-order valence-corrected chi connectivity index (χ4v) is 2.17. The van der Waals surface area contributed by atoms with Crippen molar-refractivity contribution in [2.24, 2.45) is 0 Å². The van der Waals surface area contributed by atoms with Gasteiger partial charge in [0.25, 0.3) is 5.91 Å². The van der Waals surface area contributed by atoms with Gasteiger partial charge < -0.3 is 10.1 Å². The van der Waals surface area contributed by atoms with Gasteiger partial charge in [0, 0.05) is 23.3 Å². The first-order valence-corrected chi connectivity index (χ1v) is 6.56. The van der Waals surface area contributed by atoms with E-state index in [-0.39, 0.29) is 5.91 Å². The molecule has 0 fully saturated rings. The van der Waals surface area contributed by atoms with E-state index in [1.54, 1.807) is 25.6 Å². The normalized spacial score (nSPS) is 10.3. The number of para-hydroxylation sites is 2. The predicted octanol–water partition coefficient (Wildman–Crippen LogP) is 3.50. The van der Waals surface area contributed by atoms with Crippen LogP contribution in [0.2, 0.25) is 0 Å². The number of methoxy groups -OCH3 is 1. The Kier molecular flexibility index (Phi) is 3.51. The number of rotatable bonds is 3. The Bertz CT molecular complexity index is 799. The molecule has 104 valence electrons. The van der Waals surface area contributed by atoms with E-state index in [4.69, 9.17) is 4.74 Å². The molecule has 0 unspecified atom stereocenters. The second kappa shape index (κ2) is 5.63. The molecule has 0 atom stereocenters. The molecule has 1 amide bonds. The molecule has 21 heavy (non-hydrogen) atoms. The number of anilines is 1. The molecule has 3 rings (SSSR count). The van der Waals surface area contributed by atoms with Crippen LogP contribution >= 0.6 is 0 Å². The summed E-state index contributed by atoms with van der Waals surface area (Å²) < 4.78 is 5.23. The molecular formula is C17H14N2O2. The summed E-state index contributed by atoms with van der Waals surface area (Å²) in [5, 5.41) is 4.85. The number of carbonyl (C=O) groups is 1. The Morgan fingerprint density at radius 2 is 1.95 bits per heavy atom. The quantitative estimate of drug-likeness (QED) is 0.797. The summed E-state index contributed by atoms with van der Waals surface area (Å²) in [6, 6.07) is 14.7. The largest absolute Gasteiger partial charge is 0.495 e. The van der Waals surface area contributed by atoms with Crippen LogP contribution in [0.4, 0.5) is 5.69 Å². The lowest BCUT2D eigenvalue weighted by Gasteiger charge is -2.10. The van der Waals surface area contributed by atoms with Crippen LogP contribution in [-0.4, -0.2) is 18.0 Å². The molecule has 0 saturated carbocycles. The second-order valence-corrected chi connectivity index (χ2v) is 4.59. The van der Waals surface area contributed by atoms with Gasteiger partial charge in [-0.2, -0.15) is 0 Å². The number of ether oxygens (including phenoxy) is 1. The molecule has 0 radical (unpaired) electrons. The zero-order chi connectivity index (χ0) is 14.7. The monoisotopic (exact) mass is 278 g/mol. The molecule has 0 aliphatic heterocycles. The minimum atomic E-state index is -0.168. The number of hydrogen-bond donors (Lipinski definition) is 1. The maximum atomic E-state index is 12.3. The Morgan fingerprint density at radius 3 is 2.81 bits per heavy atom. The van der Waals surface area contributed by atoms with Crippen molar-refractivity contribution in [1.82, 2.24) is 4.98 Å². The van der Waals surface area contributed by atoms with E-state index in [9.17, 15) is 4.79 Å². The van der Waals surface area contributed by atoms with E-state index in [0.717, 1.165) is 10.8 Å². The van der Waals surface area contributed by atoms with Gasteiger partial charge in [-0.05, 0) is 35.7 Å². The van der Waals surface area contributed by atoms with Crippen molar-refractivity contribution in [2.75, 3.05) is 12.4 Å². The lowest BCUT2D eigenvalue weighted by Crippen LogP contribution is -2.12. The van der Waals surface area contributed by atoms with Crippen molar-refractivity contribution in [3.63, 3.8) is 0 Å². The number of benzene rings is 2. The van der Waals surface area contributed by atoms with E-state index in [2.05, 4.69) is 10.3 Å². The topological polar surface area (TPSA) is 51.2 Å². The number of hydrogen-bond acceptors (Lipinski definition) is 3. The zero-order valence-corrected chi connectivity index (χ0v) is 11.5. The maximum absolute atomic E-state index is 12.3. The Balaban J connectivity index is 1.90. The number of pyridine rings is 1. The fourth-order valence-electron chi connectivity index (χ4n) is 2.17. The number of aromatic nitrogens is 1. The molecule has 0 bridgehead atoms. The Hall–Kier alpha value is -2.88. The van der Waals surface area contributed by atoms with Gasteiger partial charge in [-0.3, -0.25) is 9.78 Å². The third-order valence-corrected chi connectivity index (χ3v) is 3.26. The van der Waals surface area contributed by atoms with Crippen LogP contribution in [0, 0.1) is 0 Å². The van der Waals surface area contributed by atoms with Gasteiger partial charge >= 0.3 is 0 Å². The van der Waals surface area contributed by atoms with Gasteiger partial charge in [0.15, 0.2) is 0 Å². The summed E-state index contributed by atoms with van der Waals surface area (Å²) in [7, 11) is 1.58. The first kappa shape index (κ1) is 13.1. The Morgan fingerprint density at radius 1 is 1.10 bits per heavy atom. The average molecular weight is 278 g/mol. The third kappa shape index (κ3) is 2.69. The highest BCUT2D eigenvalue weighted by atomic mass is 16.5. The Labute approximate surface area is 122 Å². The minimum Gasteiger partial charge on any atom is -0.495 e. The van der Waals surface area contributed by atoms with E-state index in [0.29, 0.717) is 17.0 Å². The highest BCUT2D eigenvalue weighted by Gasteiger charge is 2.09. The van der Waals surface area contributed by atoms with E-state index >= 15 is 0 Å². The molecule has 0 saturated heterocycles. The lowest BCUT2D eigenvalue weighted by molar-refractivity contribution is 0.102. The van der Waals surface area contributed by atoms with Gasteiger partial charge in [0.1, 0.15) is 5.75 Å². The summed E-state index contributed by atoms with van der Waals surface area (Å²) in [5.74, 6) is 0.467. The molecule has 0 spiro atoms. The molecule has 4 heteroatoms. The van der Waals surface area contributed by atoms with Gasteiger partial charge in [0.2, 0.25) is 0 Å². The standard InChI is InChI=1S/C17H14N2O2/c1-21-16-5-3-2-4-15(16)19-17(20)13-6-7-14-11-18-9-8-12(14)10-13/h2-11H,1H3,(H,19,20). The summed E-state index contributed by atoms with van der Waals surface area (Å²) in [6.45, 7) is 0. The molecule has 0 aliphatic carbocycles. The average Bonchev–Trinajstić information content (AvgIpc) is 2.55. The van der Waals surface area contributed by atoms with Gasteiger partial charge in [-0.15, -0.1) is 0 Å². The van der Waals surface area contributed by atoms with E-state index < -0.39 is 0 Å². The number of nitrogens with one attached hydrogen (secondary N) is 1. The van der Waals surface area contributed by atoms with E-state index in [1.165, 1.54) is 0 Å². The van der Waals surface area contributed by atoms with Crippen LogP contribution in [0.3, 0.4) is 0 Å². The number of nitrogens with zero attached hydrogens (tertiary/aromatic N) is 1. The highest BCUT2D eigenvalue weighted by molar-refractivity contribution is 6.07. The minimum absolute atomic E-state index is 0.168. The zero-order valence-electron chi connectivity index (χ0n) is 11.5. The summed E-state index contributed by atoms with van der Waals surface area (Å²) in [6.07, 6.45) is 3.49. The van der Waals surface area contributed by atoms with Crippen LogP contribution in [0.15, 0.2) is 60.9 Å². The predicted molar refractivity (Wildman–Crippen MR) is 82.7 cm³/mol. The van der Waals surface area contributed by atoms with Crippen molar-refractivity contribution < 1.29 is 9.53 Å². The van der Waals surface area contributed by atoms with Crippen LogP contribution in [0.1, 0.15) is 10.4 Å². The summed E-state index contributed by atoms with van der Waals surface area (Å²) >= 11 is 0. The molecule has 0 aliphatic rings. The maximum Gasteiger partial charge on any atom is 0.255 e. The van der Waals surface area contributed by atoms with Crippen LogP contribution in [-0.2, 0) is 0 Å². The molecular weight excluding hydrogens is 264 g/mol. The van der Waals surface area contributed by atoms with Crippen LogP contribution < -0.4 is 10.1 Å². The summed E-state index contributed by atoms with van der Waals surface area (Å²) in [5.41, 5.74) is 1.25. The number of amides is 1.